The van der Waals surface area contributed by atoms with Gasteiger partial charge in [-0.2, -0.15) is 13.2 Å². The Morgan fingerprint density at radius 2 is 1.86 bits per heavy atom. The van der Waals surface area contributed by atoms with Gasteiger partial charge in [0.25, 0.3) is 0 Å². The average molecular weight is 506 g/mol. The Labute approximate surface area is 210 Å². The molecule has 0 unspecified atom stereocenters. The van der Waals surface area contributed by atoms with Gasteiger partial charge in [0.1, 0.15) is 6.61 Å². The number of carbonyl (C=O) groups is 1. The summed E-state index contributed by atoms with van der Waals surface area (Å²) in [6, 6.07) is 10.3. The van der Waals surface area contributed by atoms with Crippen LogP contribution in [-0.4, -0.2) is 36.4 Å². The maximum atomic E-state index is 13.8. The van der Waals surface area contributed by atoms with E-state index >= 15 is 0 Å². The number of carboxylic acids is 1. The van der Waals surface area contributed by atoms with Crippen molar-refractivity contribution in [3.05, 3.63) is 64.2 Å². The van der Waals surface area contributed by atoms with Gasteiger partial charge in [-0.1, -0.05) is 30.3 Å². The fourth-order valence-electron chi connectivity index (χ4n) is 4.34. The normalized spacial score (nSPS) is 14.7. The first kappa shape index (κ1) is 27.5. The van der Waals surface area contributed by atoms with Crippen LogP contribution < -0.4 is 10.2 Å². The highest BCUT2D eigenvalue weighted by atomic mass is 19.4. The van der Waals surface area contributed by atoms with E-state index in [0.717, 1.165) is 48.4 Å². The quantitative estimate of drug-likeness (QED) is 0.231. The van der Waals surface area contributed by atoms with Gasteiger partial charge >= 0.3 is 12.1 Å². The predicted octanol–water partition coefficient (Wildman–Crippen LogP) is 5.76. The first-order valence-corrected chi connectivity index (χ1v) is 12.4. The number of rotatable bonds is 11. The summed E-state index contributed by atoms with van der Waals surface area (Å²) < 4.78 is 41.3. The van der Waals surface area contributed by atoms with Crippen LogP contribution >= 0.6 is 0 Å². The number of hydrogen-bond acceptors (Lipinski definition) is 5. The van der Waals surface area contributed by atoms with Crippen LogP contribution in [0.4, 0.5) is 18.9 Å². The molecule has 2 N–H and O–H groups in total. The first-order chi connectivity index (χ1) is 17.2. The number of oxime groups is 1. The summed E-state index contributed by atoms with van der Waals surface area (Å²) >= 11 is 0. The number of aliphatic carboxylic acids is 1. The maximum Gasteiger partial charge on any atom is 0.418 e. The Morgan fingerprint density at radius 1 is 1.11 bits per heavy atom. The Morgan fingerprint density at radius 3 is 2.53 bits per heavy atom. The van der Waals surface area contributed by atoms with Gasteiger partial charge in [-0.15, -0.1) is 0 Å². The number of aryl methyl sites for hydroxylation is 1. The molecular formula is C27H34F3N3O3. The van der Waals surface area contributed by atoms with Crippen LogP contribution in [0.2, 0.25) is 0 Å². The van der Waals surface area contributed by atoms with E-state index in [9.17, 15) is 18.0 Å². The molecule has 1 aliphatic heterocycles. The Kier molecular flexibility index (Phi) is 9.75. The van der Waals surface area contributed by atoms with Crippen molar-refractivity contribution in [2.75, 3.05) is 24.5 Å². The molecule has 1 heterocycles. The van der Waals surface area contributed by atoms with Crippen LogP contribution in [0.5, 0.6) is 0 Å². The van der Waals surface area contributed by atoms with Crippen molar-refractivity contribution in [3.63, 3.8) is 0 Å². The molecule has 0 aromatic heterocycles. The molecular weight excluding hydrogens is 471 g/mol. The molecule has 3 rings (SSSR count). The molecule has 9 heteroatoms. The summed E-state index contributed by atoms with van der Waals surface area (Å²) in [5, 5.41) is 16.0. The molecule has 0 radical (unpaired) electrons. The summed E-state index contributed by atoms with van der Waals surface area (Å²) in [7, 11) is 0. The third-order valence-corrected chi connectivity index (χ3v) is 6.33. The Bertz CT molecular complexity index is 1060. The molecule has 2 aromatic rings. The van der Waals surface area contributed by atoms with Crippen LogP contribution in [0, 0.1) is 0 Å². The predicted molar refractivity (Wildman–Crippen MR) is 134 cm³/mol. The topological polar surface area (TPSA) is 74.2 Å². The van der Waals surface area contributed by atoms with Crippen LogP contribution in [0.15, 0.2) is 41.6 Å². The number of nitrogens with one attached hydrogen (secondary N) is 1. The average Bonchev–Trinajstić information content (AvgIpc) is 2.86. The highest BCUT2D eigenvalue weighted by Crippen LogP contribution is 2.38. The third-order valence-electron chi connectivity index (χ3n) is 6.33. The fourth-order valence-corrected chi connectivity index (χ4v) is 4.34. The van der Waals surface area contributed by atoms with Crippen LogP contribution in [0.25, 0.3) is 0 Å². The van der Waals surface area contributed by atoms with E-state index in [1.54, 1.807) is 19.1 Å². The number of benzene rings is 2. The third kappa shape index (κ3) is 7.71. The molecule has 1 aliphatic rings. The molecule has 1 fully saturated rings. The van der Waals surface area contributed by atoms with Gasteiger partial charge in [-0.25, -0.2) is 0 Å². The number of nitrogens with zero attached hydrogens (tertiary/aromatic N) is 2. The van der Waals surface area contributed by atoms with Gasteiger partial charge in [-0.3, -0.25) is 4.79 Å². The zero-order valence-electron chi connectivity index (χ0n) is 20.8. The number of carboxylic acid groups (broad SMARTS) is 1. The van der Waals surface area contributed by atoms with E-state index in [0.29, 0.717) is 37.5 Å². The van der Waals surface area contributed by atoms with E-state index in [1.165, 1.54) is 0 Å². The van der Waals surface area contributed by atoms with Gasteiger partial charge in [0, 0.05) is 31.9 Å². The van der Waals surface area contributed by atoms with E-state index < -0.39 is 17.7 Å². The summed E-state index contributed by atoms with van der Waals surface area (Å²) in [4.78, 5) is 17.9. The van der Waals surface area contributed by atoms with Crippen LogP contribution in [0.1, 0.15) is 67.3 Å². The molecule has 0 aliphatic carbocycles. The number of anilines is 1. The first-order valence-electron chi connectivity index (χ1n) is 12.4. The molecule has 0 amide bonds. The molecule has 0 bridgehead atoms. The maximum absolute atomic E-state index is 13.8. The minimum absolute atomic E-state index is 0.0626. The highest BCUT2D eigenvalue weighted by molar-refractivity contribution is 5.98. The molecule has 1 saturated heterocycles. The molecule has 0 saturated carbocycles. The van der Waals surface area contributed by atoms with Crippen molar-refractivity contribution in [2.24, 2.45) is 5.16 Å². The second-order valence-corrected chi connectivity index (χ2v) is 9.00. The van der Waals surface area contributed by atoms with E-state index in [1.807, 2.05) is 30.0 Å². The van der Waals surface area contributed by atoms with Crippen molar-refractivity contribution in [2.45, 2.75) is 65.3 Å². The van der Waals surface area contributed by atoms with Crippen LogP contribution in [0.3, 0.4) is 0 Å². The van der Waals surface area contributed by atoms with Gasteiger partial charge in [0.2, 0.25) is 0 Å². The van der Waals surface area contributed by atoms with E-state index in [-0.39, 0.29) is 18.7 Å². The minimum atomic E-state index is -4.44. The van der Waals surface area contributed by atoms with Crippen molar-refractivity contribution < 1.29 is 27.9 Å². The van der Waals surface area contributed by atoms with Gasteiger partial charge < -0.3 is 20.2 Å². The SMILES string of the molecule is CCc1cc(/C(C)=N/OCc2ccc(N3CCCCC3)c(C(F)(F)F)c2)ccc1CNCCC(=O)O. The number of alkyl halides is 3. The summed E-state index contributed by atoms with van der Waals surface area (Å²) in [6.45, 7) is 6.00. The second-order valence-electron chi connectivity index (χ2n) is 9.00. The highest BCUT2D eigenvalue weighted by Gasteiger charge is 2.35. The fraction of sp³-hybridized carbons (Fsp3) is 0.481. The zero-order valence-corrected chi connectivity index (χ0v) is 20.8. The van der Waals surface area contributed by atoms with Crippen molar-refractivity contribution in [1.29, 1.82) is 0 Å². The van der Waals surface area contributed by atoms with Gasteiger partial charge in [0.15, 0.2) is 0 Å². The lowest BCUT2D eigenvalue weighted by Crippen LogP contribution is -2.31. The summed E-state index contributed by atoms with van der Waals surface area (Å²) in [5.74, 6) is -0.840. The van der Waals surface area contributed by atoms with Crippen molar-refractivity contribution in [1.82, 2.24) is 5.32 Å². The number of hydrogen-bond donors (Lipinski definition) is 2. The number of halogens is 3. The molecule has 36 heavy (non-hydrogen) atoms. The lowest BCUT2D eigenvalue weighted by molar-refractivity contribution is -0.138. The molecule has 2 aromatic carbocycles. The minimum Gasteiger partial charge on any atom is -0.481 e. The van der Waals surface area contributed by atoms with Crippen LogP contribution in [-0.2, 0) is 35.4 Å². The lowest BCUT2D eigenvalue weighted by Gasteiger charge is -2.31. The van der Waals surface area contributed by atoms with Gasteiger partial charge in [0.05, 0.1) is 17.7 Å². The molecule has 6 nitrogen and oxygen atoms in total. The monoisotopic (exact) mass is 505 g/mol. The molecule has 196 valence electrons. The zero-order chi connectivity index (χ0) is 26.1. The lowest BCUT2D eigenvalue weighted by atomic mass is 10.00. The number of piperidine rings is 1. The smallest absolute Gasteiger partial charge is 0.418 e. The molecule has 0 spiro atoms. The summed E-state index contributed by atoms with van der Waals surface area (Å²) in [6.07, 6.45) is -0.734. The Hall–Kier alpha value is -3.07. The second kappa shape index (κ2) is 12.8. The van der Waals surface area contributed by atoms with Crippen molar-refractivity contribution >= 4 is 17.4 Å². The Balaban J connectivity index is 1.66. The largest absolute Gasteiger partial charge is 0.481 e. The van der Waals surface area contributed by atoms with Crippen molar-refractivity contribution in [3.8, 4) is 0 Å². The van der Waals surface area contributed by atoms with E-state index in [4.69, 9.17) is 9.94 Å². The molecule has 0 atom stereocenters. The van der Waals surface area contributed by atoms with Gasteiger partial charge in [-0.05, 0) is 73.1 Å². The summed E-state index contributed by atoms with van der Waals surface area (Å²) in [5.41, 5.74) is 3.67. The standard InChI is InChI=1S/C27H34F3N3O3/c1-3-21-16-22(8-9-23(21)17-31-12-11-26(34)35)19(2)32-36-18-20-7-10-25(24(15-20)27(28,29)30)33-13-5-4-6-14-33/h7-10,15-16,31H,3-6,11-14,17-18H2,1-2H3,(H,34,35)/b32-19+. The van der Waals surface area contributed by atoms with E-state index in [2.05, 4.69) is 10.5 Å².